The lowest BCUT2D eigenvalue weighted by atomic mass is 10.1. The van der Waals surface area contributed by atoms with E-state index in [1.165, 1.54) is 11.8 Å². The van der Waals surface area contributed by atoms with E-state index in [1.54, 1.807) is 0 Å². The van der Waals surface area contributed by atoms with Gasteiger partial charge in [0.15, 0.2) is 0 Å². The van der Waals surface area contributed by atoms with Gasteiger partial charge in [-0.25, -0.2) is 0 Å². The van der Waals surface area contributed by atoms with Gasteiger partial charge in [0.25, 0.3) is 0 Å². The molecular weight excluding hydrogens is 210 g/mol. The van der Waals surface area contributed by atoms with E-state index < -0.39 is 11.2 Å². The molecule has 0 radical (unpaired) electrons. The summed E-state index contributed by atoms with van der Waals surface area (Å²) in [5.74, 6) is -0.168. The summed E-state index contributed by atoms with van der Waals surface area (Å²) in [6, 6.07) is 9.23. The highest BCUT2D eigenvalue weighted by Gasteiger charge is 2.20. The summed E-state index contributed by atoms with van der Waals surface area (Å²) in [6.07, 6.45) is 0. The fourth-order valence-electron chi connectivity index (χ4n) is 1.19. The van der Waals surface area contributed by atoms with Crippen molar-refractivity contribution in [2.75, 3.05) is 5.75 Å². The summed E-state index contributed by atoms with van der Waals surface area (Å²) in [4.78, 5) is 11.1. The highest BCUT2D eigenvalue weighted by atomic mass is 32.2. The molecular formula is C11H15NO2S. The maximum Gasteiger partial charge on any atom is 0.321 e. The van der Waals surface area contributed by atoms with E-state index in [-0.39, 0.29) is 6.04 Å². The maximum absolute atomic E-state index is 11.1. The fourth-order valence-corrected chi connectivity index (χ4v) is 2.17. The Morgan fingerprint density at radius 1 is 1.47 bits per heavy atom. The lowest BCUT2D eigenvalue weighted by molar-refractivity contribution is -0.136. The second-order valence-electron chi connectivity index (χ2n) is 3.44. The molecule has 3 nitrogen and oxygen atoms in total. The van der Waals surface area contributed by atoms with Crippen LogP contribution in [-0.4, -0.2) is 22.9 Å². The van der Waals surface area contributed by atoms with Gasteiger partial charge in [-0.1, -0.05) is 30.3 Å². The van der Waals surface area contributed by atoms with Gasteiger partial charge in [-0.3, -0.25) is 4.79 Å². The van der Waals surface area contributed by atoms with Crippen LogP contribution in [0.2, 0.25) is 0 Å². The first-order chi connectivity index (χ1) is 7.11. The second kappa shape index (κ2) is 5.78. The highest BCUT2D eigenvalue weighted by Crippen LogP contribution is 2.29. The van der Waals surface area contributed by atoms with Crippen LogP contribution in [0.3, 0.4) is 0 Å². The summed E-state index contributed by atoms with van der Waals surface area (Å²) >= 11 is 1.37. The Bertz CT molecular complexity index is 314. The van der Waals surface area contributed by atoms with E-state index in [0.717, 1.165) is 5.56 Å². The molecule has 0 bridgehead atoms. The second-order valence-corrected chi connectivity index (χ2v) is 4.58. The number of nitrogens with two attached hydrogens (primary N) is 1. The van der Waals surface area contributed by atoms with Gasteiger partial charge in [-0.2, -0.15) is 0 Å². The normalized spacial score (nSPS) is 14.5. The number of benzene rings is 1. The predicted molar refractivity (Wildman–Crippen MR) is 62.9 cm³/mol. The molecule has 0 fully saturated rings. The average Bonchev–Trinajstić information content (AvgIpc) is 2.18. The molecule has 0 aliphatic rings. The number of rotatable bonds is 5. The van der Waals surface area contributed by atoms with Crippen LogP contribution in [0, 0.1) is 0 Å². The van der Waals surface area contributed by atoms with Gasteiger partial charge < -0.3 is 10.8 Å². The van der Waals surface area contributed by atoms with Crippen molar-refractivity contribution in [1.82, 2.24) is 0 Å². The van der Waals surface area contributed by atoms with Gasteiger partial charge in [0.2, 0.25) is 0 Å². The first-order valence-corrected chi connectivity index (χ1v) is 5.81. The number of hydrogen-bond donors (Lipinski definition) is 2. The van der Waals surface area contributed by atoms with Crippen molar-refractivity contribution in [2.45, 2.75) is 18.2 Å². The molecule has 2 atom stereocenters. The smallest absolute Gasteiger partial charge is 0.321 e. The Kier molecular flexibility index (Phi) is 4.65. The number of thioether (sulfide) groups is 1. The predicted octanol–water partition coefficient (Wildman–Crippen LogP) is 1.89. The molecule has 0 saturated heterocycles. The zero-order valence-corrected chi connectivity index (χ0v) is 9.41. The lowest BCUT2D eigenvalue weighted by Crippen LogP contribution is -2.20. The minimum Gasteiger partial charge on any atom is -0.480 e. The summed E-state index contributed by atoms with van der Waals surface area (Å²) in [5.41, 5.74) is 6.42. The average molecular weight is 225 g/mol. The van der Waals surface area contributed by atoms with Crippen molar-refractivity contribution in [1.29, 1.82) is 0 Å². The van der Waals surface area contributed by atoms with Gasteiger partial charge >= 0.3 is 5.97 Å². The lowest BCUT2D eigenvalue weighted by Gasteiger charge is -2.13. The van der Waals surface area contributed by atoms with E-state index in [2.05, 4.69) is 0 Å². The van der Waals surface area contributed by atoms with E-state index in [4.69, 9.17) is 10.8 Å². The van der Waals surface area contributed by atoms with Crippen molar-refractivity contribution >= 4 is 17.7 Å². The number of carboxylic acids is 1. The van der Waals surface area contributed by atoms with Gasteiger partial charge in [0.1, 0.15) is 5.25 Å². The Morgan fingerprint density at radius 2 is 2.07 bits per heavy atom. The van der Waals surface area contributed by atoms with Crippen molar-refractivity contribution in [2.24, 2.45) is 5.73 Å². The monoisotopic (exact) mass is 225 g/mol. The Labute approximate surface area is 93.7 Å². The van der Waals surface area contributed by atoms with Gasteiger partial charge in [0, 0.05) is 11.8 Å². The van der Waals surface area contributed by atoms with Crippen molar-refractivity contribution in [3.63, 3.8) is 0 Å². The van der Waals surface area contributed by atoms with Crippen LogP contribution in [0.4, 0.5) is 0 Å². The molecule has 15 heavy (non-hydrogen) atoms. The van der Waals surface area contributed by atoms with Crippen LogP contribution in [0.15, 0.2) is 30.3 Å². The molecule has 3 N–H and O–H groups in total. The zero-order valence-electron chi connectivity index (χ0n) is 8.59. The molecule has 0 heterocycles. The van der Waals surface area contributed by atoms with Crippen LogP contribution < -0.4 is 5.73 Å². The van der Waals surface area contributed by atoms with Gasteiger partial charge in [-0.05, 0) is 12.5 Å². The molecule has 0 spiro atoms. The third-order valence-corrected chi connectivity index (χ3v) is 3.38. The first kappa shape index (κ1) is 12.1. The molecule has 1 aromatic carbocycles. The minimum absolute atomic E-state index is 0.0144. The van der Waals surface area contributed by atoms with Crippen molar-refractivity contribution in [3.05, 3.63) is 35.9 Å². The minimum atomic E-state index is -0.813. The Morgan fingerprint density at radius 3 is 2.53 bits per heavy atom. The number of hydrogen-bond acceptors (Lipinski definition) is 3. The zero-order chi connectivity index (χ0) is 11.3. The number of aliphatic carboxylic acids is 1. The number of carbonyl (C=O) groups is 1. The van der Waals surface area contributed by atoms with E-state index in [1.807, 2.05) is 37.3 Å². The maximum atomic E-state index is 11.1. The summed E-state index contributed by atoms with van der Waals surface area (Å²) in [6.45, 7) is 1.87. The molecule has 0 amide bonds. The van der Waals surface area contributed by atoms with Crippen LogP contribution in [0.25, 0.3) is 0 Å². The van der Waals surface area contributed by atoms with E-state index in [0.29, 0.717) is 5.75 Å². The molecule has 1 aromatic rings. The molecule has 2 unspecified atom stereocenters. The molecule has 4 heteroatoms. The molecule has 1 rings (SSSR count). The first-order valence-electron chi connectivity index (χ1n) is 4.76. The quantitative estimate of drug-likeness (QED) is 0.803. The third-order valence-electron chi connectivity index (χ3n) is 1.85. The van der Waals surface area contributed by atoms with Crippen molar-refractivity contribution in [3.8, 4) is 0 Å². The molecule has 0 saturated carbocycles. The molecule has 0 aliphatic heterocycles. The molecule has 0 aromatic heterocycles. The van der Waals surface area contributed by atoms with Crippen LogP contribution in [0.5, 0.6) is 0 Å². The van der Waals surface area contributed by atoms with E-state index in [9.17, 15) is 4.79 Å². The molecule has 0 aliphatic carbocycles. The summed E-state index contributed by atoms with van der Waals surface area (Å²) < 4.78 is 0. The topological polar surface area (TPSA) is 63.3 Å². The van der Waals surface area contributed by atoms with Crippen molar-refractivity contribution < 1.29 is 9.90 Å². The summed E-state index contributed by atoms with van der Waals surface area (Å²) in [5, 5.41) is 8.56. The number of carboxylic acid groups (broad SMARTS) is 1. The Balaban J connectivity index is 2.71. The fraction of sp³-hybridized carbons (Fsp3) is 0.364. The van der Waals surface area contributed by atoms with Crippen LogP contribution in [-0.2, 0) is 4.79 Å². The van der Waals surface area contributed by atoms with Crippen LogP contribution in [0.1, 0.15) is 17.7 Å². The standard InChI is InChI=1S/C11H15NO2S/c1-8(12)7-15-10(11(13)14)9-5-3-2-4-6-9/h2-6,8,10H,7,12H2,1H3,(H,13,14). The van der Waals surface area contributed by atoms with Crippen LogP contribution >= 0.6 is 11.8 Å². The van der Waals surface area contributed by atoms with Gasteiger partial charge in [-0.15, -0.1) is 11.8 Å². The van der Waals surface area contributed by atoms with Gasteiger partial charge in [0.05, 0.1) is 0 Å². The summed E-state index contributed by atoms with van der Waals surface area (Å²) in [7, 11) is 0. The third kappa shape index (κ3) is 3.93. The largest absolute Gasteiger partial charge is 0.480 e. The highest BCUT2D eigenvalue weighted by molar-refractivity contribution is 8.00. The van der Waals surface area contributed by atoms with E-state index >= 15 is 0 Å². The SMILES string of the molecule is CC(N)CSC(C(=O)O)c1ccccc1. The molecule has 82 valence electrons. The Hall–Kier alpha value is -1.00.